The maximum absolute atomic E-state index is 5.91. The monoisotopic (exact) mass is 350 g/mol. The molecule has 0 amide bonds. The van der Waals surface area contributed by atoms with Crippen LogP contribution < -0.4 is 0 Å². The summed E-state index contributed by atoms with van der Waals surface area (Å²) in [5.41, 5.74) is 0. The van der Waals surface area contributed by atoms with Crippen LogP contribution in [0.25, 0.3) is 0 Å². The minimum absolute atomic E-state index is 0.468. The van der Waals surface area contributed by atoms with Gasteiger partial charge >= 0.3 is 0 Å². The molecule has 0 aliphatic carbocycles. The van der Waals surface area contributed by atoms with Crippen LogP contribution in [0.15, 0.2) is 0 Å². The van der Waals surface area contributed by atoms with Crippen molar-refractivity contribution in [3.8, 4) is 0 Å². The lowest BCUT2D eigenvalue weighted by Crippen LogP contribution is -2.46. The minimum Gasteiger partial charge on any atom is -0.730 e. The molecule has 0 fully saturated rings. The molecule has 0 bridgehead atoms. The average Bonchev–Trinajstić information content (AvgIpc) is 2.25. The maximum Gasteiger partial charge on any atom is 0.215 e. The summed E-state index contributed by atoms with van der Waals surface area (Å²) in [4.78, 5) is 2.44. The van der Waals surface area contributed by atoms with E-state index < -0.39 is 5.24 Å². The van der Waals surface area contributed by atoms with Gasteiger partial charge in [-0.05, 0) is 60.6 Å². The fraction of sp³-hybridized carbons (Fsp3) is 0.857. The van der Waals surface area contributed by atoms with Crippen LogP contribution in [0.4, 0.5) is 0 Å². The van der Waals surface area contributed by atoms with Gasteiger partial charge in [-0.15, -0.1) is 11.8 Å². The highest BCUT2D eigenvalue weighted by Crippen LogP contribution is 2.63. The van der Waals surface area contributed by atoms with Crippen LogP contribution in [-0.4, -0.2) is 44.0 Å². The number of hydrogen-bond acceptors (Lipinski definition) is 3. The number of nitrogens with zero attached hydrogens (tertiary/aromatic N) is 2. The lowest BCUT2D eigenvalue weighted by Gasteiger charge is -2.46. The lowest BCUT2D eigenvalue weighted by molar-refractivity contribution is -0.583. The van der Waals surface area contributed by atoms with Crippen molar-refractivity contribution >= 4 is 47.9 Å². The van der Waals surface area contributed by atoms with Gasteiger partial charge in [0.15, 0.2) is 0 Å². The second-order valence-electron chi connectivity index (χ2n) is 6.45. The van der Waals surface area contributed by atoms with Crippen LogP contribution in [0, 0.1) is 0 Å². The molecule has 1 aliphatic heterocycles. The molecule has 6 heteroatoms. The van der Waals surface area contributed by atoms with E-state index in [0.717, 1.165) is 0 Å². The van der Waals surface area contributed by atoms with Gasteiger partial charge in [0.1, 0.15) is 12.1 Å². The first-order valence-electron chi connectivity index (χ1n) is 7.36. The van der Waals surface area contributed by atoms with Crippen molar-refractivity contribution in [2.45, 2.75) is 79.6 Å². The van der Waals surface area contributed by atoms with E-state index in [2.05, 4.69) is 64.9 Å². The smallest absolute Gasteiger partial charge is 0.215 e. The fourth-order valence-corrected chi connectivity index (χ4v) is 9.95. The van der Waals surface area contributed by atoms with Crippen LogP contribution in [0.3, 0.4) is 0 Å². The molecule has 0 aromatic carbocycles. The predicted octanol–water partition coefficient (Wildman–Crippen LogP) is 4.28. The highest BCUT2D eigenvalue weighted by molar-refractivity contribution is 8.73. The fourth-order valence-electron chi connectivity index (χ4n) is 2.80. The predicted molar refractivity (Wildman–Crippen MR) is 101 cm³/mol. The van der Waals surface area contributed by atoms with E-state index in [0.29, 0.717) is 24.2 Å². The Hall–Kier alpha value is 0.800. The summed E-state index contributed by atoms with van der Waals surface area (Å²) in [6, 6.07) is 1.87. The van der Waals surface area contributed by atoms with Crippen LogP contribution in [0.1, 0.15) is 55.4 Å². The van der Waals surface area contributed by atoms with Crippen LogP contribution in [-0.2, 0) is 24.1 Å². The molecule has 1 unspecified atom stereocenters. The summed E-state index contributed by atoms with van der Waals surface area (Å²) >= 11 is 11.8. The summed E-state index contributed by atoms with van der Waals surface area (Å²) < 4.78 is 2.44. The van der Waals surface area contributed by atoms with Gasteiger partial charge in [-0.1, -0.05) is 0 Å². The third kappa shape index (κ3) is 3.58. The second kappa shape index (κ2) is 6.92. The number of hydrogen-bond donors (Lipinski definition) is 0. The van der Waals surface area contributed by atoms with Crippen molar-refractivity contribution in [3.05, 3.63) is 0 Å². The van der Waals surface area contributed by atoms with Crippen molar-refractivity contribution in [1.29, 1.82) is 0 Å². The topological polar surface area (TPSA) is 6.25 Å². The van der Waals surface area contributed by atoms with E-state index in [9.17, 15) is 0 Å². The Balaban J connectivity index is 3.34. The van der Waals surface area contributed by atoms with Gasteiger partial charge < -0.3 is 12.2 Å². The normalized spacial score (nSPS) is 23.9. The summed E-state index contributed by atoms with van der Waals surface area (Å²) in [5, 5.41) is 0.731. The molecule has 1 atom stereocenters. The average molecular weight is 350 g/mol. The van der Waals surface area contributed by atoms with Crippen LogP contribution in [0.5, 0.6) is 0 Å². The first-order valence-corrected chi connectivity index (χ1v) is 12.1. The first kappa shape index (κ1) is 18.8. The Morgan fingerprint density at radius 3 is 1.65 bits per heavy atom. The quantitative estimate of drug-likeness (QED) is 0.415. The van der Waals surface area contributed by atoms with E-state index in [1.165, 1.54) is 18.6 Å². The van der Waals surface area contributed by atoms with E-state index in [1.54, 1.807) is 0 Å². The molecule has 2 nitrogen and oxygen atoms in total. The molecule has 0 saturated heterocycles. The largest absolute Gasteiger partial charge is 0.730 e. The minimum atomic E-state index is -1.92. The van der Waals surface area contributed by atoms with Gasteiger partial charge in [-0.3, -0.25) is 4.90 Å². The van der Waals surface area contributed by atoms with Gasteiger partial charge in [-0.2, -0.15) is 0 Å². The summed E-state index contributed by atoms with van der Waals surface area (Å²) in [6.45, 7) is 17.8. The second-order valence-corrected chi connectivity index (χ2v) is 14.2. The molecule has 1 rings (SSSR count). The van der Waals surface area contributed by atoms with Crippen molar-refractivity contribution in [2.24, 2.45) is 0 Å². The maximum atomic E-state index is 5.91. The Labute approximate surface area is 137 Å². The van der Waals surface area contributed by atoms with Crippen molar-refractivity contribution < 1.29 is 4.58 Å². The van der Waals surface area contributed by atoms with E-state index >= 15 is 0 Å². The molecule has 116 valence electrons. The Bertz CT molecular complexity index is 462. The third-order valence-corrected chi connectivity index (χ3v) is 11.9. The van der Waals surface area contributed by atoms with E-state index in [1.807, 2.05) is 0 Å². The molecule has 0 aromatic heterocycles. The molecule has 0 N–H and O–H groups in total. The zero-order chi connectivity index (χ0) is 15.8. The van der Waals surface area contributed by atoms with Gasteiger partial charge in [0.05, 0.1) is 0 Å². The van der Waals surface area contributed by atoms with Gasteiger partial charge in [-0.25, -0.2) is 4.58 Å². The zero-order valence-corrected chi connectivity index (χ0v) is 17.3. The highest BCUT2D eigenvalue weighted by Gasteiger charge is 2.40. The Kier molecular flexibility index (Phi) is 6.52. The van der Waals surface area contributed by atoms with Crippen molar-refractivity contribution in [2.75, 3.05) is 0 Å². The molecule has 0 saturated carbocycles. The van der Waals surface area contributed by atoms with Crippen molar-refractivity contribution in [1.82, 2.24) is 4.90 Å². The highest BCUT2D eigenvalue weighted by atomic mass is 32.9. The van der Waals surface area contributed by atoms with E-state index in [-0.39, 0.29) is 0 Å². The standard InChI is InChI=1S/C14H28N2P2S2/c1-9(2)15(10(3)4)13-17-14(18(13,19)20)16(11(5)6)12(7)8/h9-12H,1-8H3. The third-order valence-electron chi connectivity index (χ3n) is 3.41. The summed E-state index contributed by atoms with van der Waals surface area (Å²) in [6.07, 6.45) is 0. The zero-order valence-electron chi connectivity index (χ0n) is 13.9. The molecule has 20 heavy (non-hydrogen) atoms. The molecule has 0 radical (unpaired) electrons. The lowest BCUT2D eigenvalue weighted by atomic mass is 10.2. The van der Waals surface area contributed by atoms with E-state index in [4.69, 9.17) is 24.1 Å². The molecule has 0 aromatic rings. The van der Waals surface area contributed by atoms with Crippen LogP contribution >= 0.6 is 13.4 Å². The first-order chi connectivity index (χ1) is 9.01. The summed E-state index contributed by atoms with van der Waals surface area (Å²) in [5.74, 6) is 0. The molecular weight excluding hydrogens is 322 g/mol. The Morgan fingerprint density at radius 2 is 1.40 bits per heavy atom. The molecule has 0 spiro atoms. The molecule has 1 aliphatic rings. The van der Waals surface area contributed by atoms with Crippen molar-refractivity contribution in [3.63, 3.8) is 0 Å². The van der Waals surface area contributed by atoms with Gasteiger partial charge in [0.2, 0.25) is 5.19 Å². The molecular formula is C14H28N2P2S2. The van der Waals surface area contributed by atoms with Crippen LogP contribution in [0.2, 0.25) is 0 Å². The summed E-state index contributed by atoms with van der Waals surface area (Å²) in [7, 11) is 1.27. The molecule has 1 heterocycles. The van der Waals surface area contributed by atoms with Gasteiger partial charge in [0.25, 0.3) is 0 Å². The van der Waals surface area contributed by atoms with Gasteiger partial charge in [0, 0.05) is 25.4 Å². The number of rotatable bonds is 5. The SMILES string of the molecule is CC(C)N(C1=PC(=[N+](C(C)C)C(C)C)P1(=S)[S-])C(C)C. The Morgan fingerprint density at radius 1 is 1.00 bits per heavy atom.